The van der Waals surface area contributed by atoms with Crippen molar-refractivity contribution in [3.05, 3.63) is 65.2 Å². The maximum atomic E-state index is 13.0. The van der Waals surface area contributed by atoms with Crippen LogP contribution in [0.3, 0.4) is 0 Å². The van der Waals surface area contributed by atoms with Gasteiger partial charge < -0.3 is 10.2 Å². The minimum absolute atomic E-state index is 0.227. The van der Waals surface area contributed by atoms with Crippen molar-refractivity contribution in [2.24, 2.45) is 17.8 Å². The lowest BCUT2D eigenvalue weighted by atomic mass is 9.68. The van der Waals surface area contributed by atoms with E-state index in [1.807, 2.05) is 11.0 Å². The molecule has 0 radical (unpaired) electrons. The molecular weight excluding hydrogens is 344 g/mol. The molecule has 1 N–H and O–H groups in total. The number of fused-ring (bicyclic) bond motifs is 7. The zero-order valence-corrected chi connectivity index (χ0v) is 16.3. The third-order valence-corrected chi connectivity index (χ3v) is 7.89. The molecule has 0 spiro atoms. The lowest BCUT2D eigenvalue weighted by Crippen LogP contribution is -2.36. The molecule has 3 fully saturated rings. The topological polar surface area (TPSA) is 32.3 Å². The van der Waals surface area contributed by atoms with Gasteiger partial charge in [0.05, 0.1) is 6.04 Å². The second-order valence-corrected chi connectivity index (χ2v) is 9.27. The quantitative estimate of drug-likeness (QED) is 0.784. The molecule has 0 aromatic heterocycles. The lowest BCUT2D eigenvalue weighted by Gasteiger charge is -2.43. The van der Waals surface area contributed by atoms with Crippen molar-refractivity contribution in [3.63, 3.8) is 0 Å². The molecule has 2 heterocycles. The molecule has 4 aliphatic rings. The van der Waals surface area contributed by atoms with E-state index in [9.17, 15) is 4.79 Å². The number of hydrogen-bond donors (Lipinski definition) is 1. The van der Waals surface area contributed by atoms with Crippen LogP contribution >= 0.6 is 0 Å². The Labute approximate surface area is 167 Å². The van der Waals surface area contributed by atoms with E-state index in [0.717, 1.165) is 43.3 Å². The summed E-state index contributed by atoms with van der Waals surface area (Å²) in [5.41, 5.74) is 4.96. The van der Waals surface area contributed by atoms with Crippen LogP contribution in [-0.2, 0) is 0 Å². The highest BCUT2D eigenvalue weighted by Gasteiger charge is 2.53. The molecule has 2 aliphatic carbocycles. The molecule has 5 atom stereocenters. The molecule has 144 valence electrons. The van der Waals surface area contributed by atoms with E-state index in [4.69, 9.17) is 0 Å². The highest BCUT2D eigenvalue weighted by Crippen LogP contribution is 2.63. The van der Waals surface area contributed by atoms with Crippen molar-refractivity contribution in [2.45, 2.75) is 44.1 Å². The van der Waals surface area contributed by atoms with Crippen LogP contribution in [0.4, 0.5) is 5.69 Å². The van der Waals surface area contributed by atoms with Gasteiger partial charge >= 0.3 is 0 Å². The second kappa shape index (κ2) is 6.37. The Bertz CT molecular complexity index is 902. The molecule has 3 nitrogen and oxygen atoms in total. The Balaban J connectivity index is 1.41. The zero-order valence-electron chi connectivity index (χ0n) is 16.3. The van der Waals surface area contributed by atoms with E-state index in [-0.39, 0.29) is 5.91 Å². The minimum Gasteiger partial charge on any atom is -0.378 e. The number of rotatable bonds is 2. The van der Waals surface area contributed by atoms with Crippen LogP contribution in [0, 0.1) is 17.8 Å². The van der Waals surface area contributed by atoms with E-state index < -0.39 is 0 Å². The maximum Gasteiger partial charge on any atom is 0.253 e. The molecule has 28 heavy (non-hydrogen) atoms. The standard InChI is InChI=1S/C25H28N2O/c28-25(27-12-4-5-13-27)19-10-11-21-20(15-19)22-17-8-9-18(14-17)23(22)24(26-21)16-6-2-1-3-7-16/h1-3,6-7,10-11,15,17-18,22-24,26H,4-5,8-9,12-14H2/t17-,18+,22+,23-,24+/m0/s1. The van der Waals surface area contributed by atoms with Crippen LogP contribution in [0.15, 0.2) is 48.5 Å². The SMILES string of the molecule is O=C(c1ccc2c(c1)[C@H]1[C@H]3CC[C@H](C3)[C@@H]1[C@@H](c1ccccc1)N2)N1CCCC1. The molecule has 2 aromatic carbocycles. The Morgan fingerprint density at radius 1 is 0.964 bits per heavy atom. The molecule has 6 rings (SSSR count). The highest BCUT2D eigenvalue weighted by atomic mass is 16.2. The molecular formula is C25H28N2O. The summed E-state index contributed by atoms with van der Waals surface area (Å²) in [6.07, 6.45) is 6.39. The Morgan fingerprint density at radius 3 is 2.57 bits per heavy atom. The van der Waals surface area contributed by atoms with Gasteiger partial charge in [-0.1, -0.05) is 30.3 Å². The fourth-order valence-corrected chi connectivity index (χ4v) is 6.71. The van der Waals surface area contributed by atoms with Crippen LogP contribution in [0.2, 0.25) is 0 Å². The van der Waals surface area contributed by atoms with Gasteiger partial charge in [0.25, 0.3) is 5.91 Å². The Hall–Kier alpha value is -2.29. The van der Waals surface area contributed by atoms with Crippen LogP contribution in [0.1, 0.15) is 65.5 Å². The smallest absolute Gasteiger partial charge is 0.253 e. The van der Waals surface area contributed by atoms with E-state index >= 15 is 0 Å². The van der Waals surface area contributed by atoms with Crippen LogP contribution in [0.25, 0.3) is 0 Å². The molecule has 1 saturated heterocycles. The van der Waals surface area contributed by atoms with Gasteiger partial charge in [-0.15, -0.1) is 0 Å². The van der Waals surface area contributed by atoms with Crippen LogP contribution in [0.5, 0.6) is 0 Å². The van der Waals surface area contributed by atoms with Crippen molar-refractivity contribution in [1.29, 1.82) is 0 Å². The number of benzene rings is 2. The number of nitrogens with one attached hydrogen (secondary N) is 1. The summed E-state index contributed by atoms with van der Waals surface area (Å²) in [4.78, 5) is 15.0. The zero-order chi connectivity index (χ0) is 18.7. The Morgan fingerprint density at radius 2 is 1.75 bits per heavy atom. The molecule has 3 heteroatoms. The van der Waals surface area contributed by atoms with Crippen molar-refractivity contribution in [3.8, 4) is 0 Å². The van der Waals surface area contributed by atoms with Crippen LogP contribution < -0.4 is 5.32 Å². The van der Waals surface area contributed by atoms with E-state index in [1.54, 1.807) is 0 Å². The second-order valence-electron chi connectivity index (χ2n) is 9.27. The number of likely N-dealkylation sites (tertiary alicyclic amines) is 1. The number of amides is 1. The fraction of sp³-hybridized carbons (Fsp3) is 0.480. The predicted molar refractivity (Wildman–Crippen MR) is 111 cm³/mol. The van der Waals surface area contributed by atoms with Gasteiger partial charge in [0.2, 0.25) is 0 Å². The summed E-state index contributed by atoms with van der Waals surface area (Å²) < 4.78 is 0. The minimum atomic E-state index is 0.227. The van der Waals surface area contributed by atoms with Gasteiger partial charge in [-0.05, 0) is 85.1 Å². The van der Waals surface area contributed by atoms with E-state index in [2.05, 4.69) is 47.8 Å². The van der Waals surface area contributed by atoms with E-state index in [1.165, 1.54) is 36.1 Å². The van der Waals surface area contributed by atoms with Crippen molar-refractivity contribution in [2.75, 3.05) is 18.4 Å². The maximum absolute atomic E-state index is 13.0. The number of carbonyl (C=O) groups excluding carboxylic acids is 1. The summed E-state index contributed by atoms with van der Waals surface area (Å²) in [5, 5.41) is 3.88. The first-order chi connectivity index (χ1) is 13.8. The third kappa shape index (κ3) is 2.45. The van der Waals surface area contributed by atoms with E-state index in [0.29, 0.717) is 17.9 Å². The monoisotopic (exact) mass is 372 g/mol. The highest BCUT2D eigenvalue weighted by molar-refractivity contribution is 5.95. The number of anilines is 1. The lowest BCUT2D eigenvalue weighted by molar-refractivity contribution is 0.0792. The van der Waals surface area contributed by atoms with Gasteiger partial charge in [-0.25, -0.2) is 0 Å². The summed E-state index contributed by atoms with van der Waals surface area (Å²) in [6.45, 7) is 1.84. The predicted octanol–water partition coefficient (Wildman–Crippen LogP) is 5.22. The van der Waals surface area contributed by atoms with Gasteiger partial charge in [0.15, 0.2) is 0 Å². The first kappa shape index (κ1) is 16.6. The number of hydrogen-bond acceptors (Lipinski definition) is 2. The average Bonchev–Trinajstić information content (AvgIpc) is 3.51. The summed E-state index contributed by atoms with van der Waals surface area (Å²) >= 11 is 0. The van der Waals surface area contributed by atoms with Gasteiger partial charge in [0.1, 0.15) is 0 Å². The van der Waals surface area contributed by atoms with Crippen molar-refractivity contribution >= 4 is 11.6 Å². The first-order valence-electron chi connectivity index (χ1n) is 11.0. The normalized spacial score (nSPS) is 32.7. The molecule has 0 unspecified atom stereocenters. The summed E-state index contributed by atoms with van der Waals surface area (Å²) in [5.74, 6) is 3.10. The third-order valence-electron chi connectivity index (χ3n) is 7.89. The number of carbonyl (C=O) groups is 1. The Kier molecular flexibility index (Phi) is 3.78. The van der Waals surface area contributed by atoms with Crippen LogP contribution in [-0.4, -0.2) is 23.9 Å². The summed E-state index contributed by atoms with van der Waals surface area (Å²) in [7, 11) is 0. The first-order valence-corrected chi connectivity index (χ1v) is 11.0. The van der Waals surface area contributed by atoms with Gasteiger partial charge in [0, 0.05) is 24.3 Å². The van der Waals surface area contributed by atoms with Gasteiger partial charge in [-0.3, -0.25) is 4.79 Å². The summed E-state index contributed by atoms with van der Waals surface area (Å²) in [6, 6.07) is 17.8. The molecule has 1 amide bonds. The molecule has 2 aliphatic heterocycles. The molecule has 2 bridgehead atoms. The average molecular weight is 373 g/mol. The fourth-order valence-electron chi connectivity index (χ4n) is 6.71. The van der Waals surface area contributed by atoms with Crippen molar-refractivity contribution in [1.82, 2.24) is 4.90 Å². The number of nitrogens with zero attached hydrogens (tertiary/aromatic N) is 1. The van der Waals surface area contributed by atoms with Gasteiger partial charge in [-0.2, -0.15) is 0 Å². The molecule has 2 saturated carbocycles. The van der Waals surface area contributed by atoms with Crippen molar-refractivity contribution < 1.29 is 4.79 Å². The largest absolute Gasteiger partial charge is 0.378 e. The molecule has 2 aromatic rings.